The summed E-state index contributed by atoms with van der Waals surface area (Å²) in [5.41, 5.74) is 2.12. The van der Waals surface area contributed by atoms with Crippen LogP contribution in [0, 0.1) is 0 Å². The minimum atomic E-state index is 0.276. The van der Waals surface area contributed by atoms with Gasteiger partial charge < -0.3 is 5.11 Å². The summed E-state index contributed by atoms with van der Waals surface area (Å²) < 4.78 is 0.886. The summed E-state index contributed by atoms with van der Waals surface area (Å²) in [6, 6.07) is 13.7. The Balaban J connectivity index is 2.42. The summed E-state index contributed by atoms with van der Waals surface area (Å²) in [5.74, 6) is 0.276. The third kappa shape index (κ3) is 2.60. The van der Waals surface area contributed by atoms with E-state index in [1.54, 1.807) is 23.9 Å². The van der Waals surface area contributed by atoms with Crippen molar-refractivity contribution in [3.8, 4) is 16.9 Å². The fourth-order valence-corrected chi connectivity index (χ4v) is 2.41. The third-order valence-electron chi connectivity index (χ3n) is 2.31. The fourth-order valence-electron chi connectivity index (χ4n) is 1.52. The van der Waals surface area contributed by atoms with Gasteiger partial charge in [-0.2, -0.15) is 0 Å². The minimum Gasteiger partial charge on any atom is -0.508 e. The molecule has 0 aliphatic heterocycles. The SMILES string of the molecule is CSc1ccc(-c2cc(O)cc(Br)c2)cc1. The smallest absolute Gasteiger partial charge is 0.117 e. The van der Waals surface area contributed by atoms with Gasteiger partial charge in [-0.15, -0.1) is 11.8 Å². The first kappa shape index (κ1) is 11.6. The first-order valence-electron chi connectivity index (χ1n) is 4.83. The van der Waals surface area contributed by atoms with E-state index in [2.05, 4.69) is 46.5 Å². The summed E-state index contributed by atoms with van der Waals surface area (Å²) in [5, 5.41) is 9.52. The first-order valence-corrected chi connectivity index (χ1v) is 6.85. The van der Waals surface area contributed by atoms with Crippen LogP contribution in [0.15, 0.2) is 51.8 Å². The maximum atomic E-state index is 9.52. The van der Waals surface area contributed by atoms with E-state index in [9.17, 15) is 5.11 Å². The molecule has 0 heterocycles. The van der Waals surface area contributed by atoms with Crippen LogP contribution in [-0.4, -0.2) is 11.4 Å². The van der Waals surface area contributed by atoms with Crippen LogP contribution in [0.3, 0.4) is 0 Å². The zero-order chi connectivity index (χ0) is 11.5. The zero-order valence-electron chi connectivity index (χ0n) is 8.77. The summed E-state index contributed by atoms with van der Waals surface area (Å²) >= 11 is 5.09. The molecule has 0 saturated carbocycles. The van der Waals surface area contributed by atoms with Gasteiger partial charge in [0, 0.05) is 9.37 Å². The van der Waals surface area contributed by atoms with Crippen LogP contribution in [0.5, 0.6) is 5.75 Å². The molecule has 0 bridgehead atoms. The molecule has 0 radical (unpaired) electrons. The van der Waals surface area contributed by atoms with Gasteiger partial charge in [0.1, 0.15) is 5.75 Å². The first-order chi connectivity index (χ1) is 7.69. The molecule has 1 N–H and O–H groups in total. The van der Waals surface area contributed by atoms with Crippen molar-refractivity contribution < 1.29 is 5.11 Å². The molecule has 0 amide bonds. The minimum absolute atomic E-state index is 0.276. The number of hydrogen-bond acceptors (Lipinski definition) is 2. The van der Waals surface area contributed by atoms with Crippen molar-refractivity contribution in [3.05, 3.63) is 46.9 Å². The van der Waals surface area contributed by atoms with Gasteiger partial charge in [-0.25, -0.2) is 0 Å². The van der Waals surface area contributed by atoms with Crippen molar-refractivity contribution in [1.82, 2.24) is 0 Å². The molecular weight excluding hydrogens is 284 g/mol. The van der Waals surface area contributed by atoms with Gasteiger partial charge in [-0.05, 0) is 47.7 Å². The average Bonchev–Trinajstić information content (AvgIpc) is 2.28. The van der Waals surface area contributed by atoms with Gasteiger partial charge in [0.25, 0.3) is 0 Å². The number of rotatable bonds is 2. The Morgan fingerprint density at radius 2 is 1.69 bits per heavy atom. The Labute approximate surface area is 108 Å². The van der Waals surface area contributed by atoms with Gasteiger partial charge in [0.15, 0.2) is 0 Å². The highest BCUT2D eigenvalue weighted by molar-refractivity contribution is 9.10. The Kier molecular flexibility index (Phi) is 3.56. The molecule has 16 heavy (non-hydrogen) atoms. The molecule has 2 aromatic carbocycles. The number of benzene rings is 2. The zero-order valence-corrected chi connectivity index (χ0v) is 11.2. The molecule has 0 aliphatic rings. The van der Waals surface area contributed by atoms with Crippen LogP contribution in [0.4, 0.5) is 0 Å². The Hall–Kier alpha value is -0.930. The number of thioether (sulfide) groups is 1. The molecule has 82 valence electrons. The molecule has 0 spiro atoms. The predicted octanol–water partition coefficient (Wildman–Crippen LogP) is 4.54. The predicted molar refractivity (Wildman–Crippen MR) is 73.0 cm³/mol. The molecule has 0 saturated heterocycles. The van der Waals surface area contributed by atoms with E-state index in [1.807, 2.05) is 6.07 Å². The van der Waals surface area contributed by atoms with Crippen LogP contribution >= 0.6 is 27.7 Å². The molecule has 0 aliphatic carbocycles. The standard InChI is InChI=1S/C13H11BrOS/c1-16-13-4-2-9(3-5-13)10-6-11(14)8-12(15)7-10/h2-8,15H,1H3. The van der Waals surface area contributed by atoms with E-state index < -0.39 is 0 Å². The maximum absolute atomic E-state index is 9.52. The fraction of sp³-hybridized carbons (Fsp3) is 0.0769. The van der Waals surface area contributed by atoms with Crippen LogP contribution in [0.25, 0.3) is 11.1 Å². The molecular formula is C13H11BrOS. The van der Waals surface area contributed by atoms with E-state index in [-0.39, 0.29) is 5.75 Å². The van der Waals surface area contributed by atoms with Crippen molar-refractivity contribution in [2.24, 2.45) is 0 Å². The third-order valence-corrected chi connectivity index (χ3v) is 3.51. The number of phenolic OH excluding ortho intramolecular Hbond substituents is 1. The van der Waals surface area contributed by atoms with Gasteiger partial charge in [0.2, 0.25) is 0 Å². The van der Waals surface area contributed by atoms with E-state index in [4.69, 9.17) is 0 Å². The summed E-state index contributed by atoms with van der Waals surface area (Å²) in [7, 11) is 0. The highest BCUT2D eigenvalue weighted by atomic mass is 79.9. The van der Waals surface area contributed by atoms with Gasteiger partial charge in [-0.3, -0.25) is 0 Å². The number of hydrogen-bond donors (Lipinski definition) is 1. The van der Waals surface area contributed by atoms with E-state index in [0.717, 1.165) is 15.6 Å². The van der Waals surface area contributed by atoms with Crippen LogP contribution in [0.2, 0.25) is 0 Å². The molecule has 0 atom stereocenters. The summed E-state index contributed by atoms with van der Waals surface area (Å²) in [4.78, 5) is 1.24. The van der Waals surface area contributed by atoms with Gasteiger partial charge in [-0.1, -0.05) is 28.1 Å². The lowest BCUT2D eigenvalue weighted by Crippen LogP contribution is -1.78. The van der Waals surface area contributed by atoms with E-state index in [1.165, 1.54) is 4.90 Å². The van der Waals surface area contributed by atoms with Crippen LogP contribution < -0.4 is 0 Å². The lowest BCUT2D eigenvalue weighted by Gasteiger charge is -2.04. The second-order valence-electron chi connectivity index (χ2n) is 3.43. The van der Waals surface area contributed by atoms with Crippen molar-refractivity contribution in [2.45, 2.75) is 4.90 Å². The molecule has 0 fully saturated rings. The van der Waals surface area contributed by atoms with Crippen molar-refractivity contribution in [1.29, 1.82) is 0 Å². The second kappa shape index (κ2) is 4.93. The van der Waals surface area contributed by atoms with E-state index >= 15 is 0 Å². The topological polar surface area (TPSA) is 20.2 Å². The lowest BCUT2D eigenvalue weighted by atomic mass is 10.1. The lowest BCUT2D eigenvalue weighted by molar-refractivity contribution is 0.475. The van der Waals surface area contributed by atoms with Crippen molar-refractivity contribution in [3.63, 3.8) is 0 Å². The van der Waals surface area contributed by atoms with Gasteiger partial charge >= 0.3 is 0 Å². The molecule has 3 heteroatoms. The molecule has 2 aromatic rings. The molecule has 0 aromatic heterocycles. The molecule has 0 unspecified atom stereocenters. The summed E-state index contributed by atoms with van der Waals surface area (Å²) in [6.07, 6.45) is 2.06. The quantitative estimate of drug-likeness (QED) is 0.821. The number of halogens is 1. The highest BCUT2D eigenvalue weighted by Gasteiger charge is 2.01. The largest absolute Gasteiger partial charge is 0.508 e. The van der Waals surface area contributed by atoms with Crippen molar-refractivity contribution in [2.75, 3.05) is 6.26 Å². The average molecular weight is 295 g/mol. The Bertz CT molecular complexity index is 474. The summed E-state index contributed by atoms with van der Waals surface area (Å²) in [6.45, 7) is 0. The Morgan fingerprint density at radius 1 is 1.00 bits per heavy atom. The van der Waals surface area contributed by atoms with E-state index in [0.29, 0.717) is 0 Å². The Morgan fingerprint density at radius 3 is 2.25 bits per heavy atom. The monoisotopic (exact) mass is 294 g/mol. The second-order valence-corrected chi connectivity index (χ2v) is 5.22. The van der Waals surface area contributed by atoms with Crippen LogP contribution in [-0.2, 0) is 0 Å². The van der Waals surface area contributed by atoms with Crippen LogP contribution in [0.1, 0.15) is 0 Å². The number of phenols is 1. The molecule has 1 nitrogen and oxygen atoms in total. The van der Waals surface area contributed by atoms with Crippen molar-refractivity contribution >= 4 is 27.7 Å². The van der Waals surface area contributed by atoms with Gasteiger partial charge in [0.05, 0.1) is 0 Å². The number of aromatic hydroxyl groups is 1. The maximum Gasteiger partial charge on any atom is 0.117 e. The molecule has 2 rings (SSSR count). The highest BCUT2D eigenvalue weighted by Crippen LogP contribution is 2.29. The normalized spacial score (nSPS) is 10.4.